The molecule has 22 heavy (non-hydrogen) atoms. The second kappa shape index (κ2) is 6.07. The molecule has 1 aromatic carbocycles. The summed E-state index contributed by atoms with van der Waals surface area (Å²) in [5, 5.41) is 3.38. The lowest BCUT2D eigenvalue weighted by atomic mass is 9.85. The minimum absolute atomic E-state index is 0.137. The fourth-order valence-corrected chi connectivity index (χ4v) is 4.38. The molecule has 1 fully saturated rings. The number of hydrogen-bond donors (Lipinski definition) is 1. The smallest absolute Gasteiger partial charge is 0.160 e. The second-order valence-corrected chi connectivity index (χ2v) is 8.34. The molecule has 0 radical (unpaired) electrons. The number of thioether (sulfide) groups is 1. The van der Waals surface area contributed by atoms with E-state index in [1.54, 1.807) is 23.9 Å². The van der Waals surface area contributed by atoms with Crippen LogP contribution in [0, 0.1) is 11.7 Å². The molecule has 3 rings (SSSR count). The molecule has 4 heteroatoms. The van der Waals surface area contributed by atoms with E-state index in [-0.39, 0.29) is 22.4 Å². The predicted molar refractivity (Wildman–Crippen MR) is 89.0 cm³/mol. The van der Waals surface area contributed by atoms with Crippen molar-refractivity contribution in [2.45, 2.75) is 55.7 Å². The normalized spacial score (nSPS) is 23.0. The number of fused-ring (bicyclic) bond motifs is 1. The number of nitrogens with one attached hydrogen (secondary N) is 1. The van der Waals surface area contributed by atoms with E-state index in [1.165, 1.54) is 18.6 Å². The van der Waals surface area contributed by atoms with Crippen molar-refractivity contribution >= 4 is 23.2 Å². The van der Waals surface area contributed by atoms with E-state index in [9.17, 15) is 9.18 Å². The quantitative estimate of drug-likeness (QED) is 0.798. The summed E-state index contributed by atoms with van der Waals surface area (Å²) in [6.07, 6.45) is 7.18. The van der Waals surface area contributed by atoms with Crippen molar-refractivity contribution in [1.82, 2.24) is 5.32 Å². The van der Waals surface area contributed by atoms with Gasteiger partial charge in [-0.15, -0.1) is 0 Å². The standard InChI is InChI=1S/C18H22FNOS/c1-18(2)20-15(11-16(21)12-6-4-3-5-7-12)14-10-13(19)8-9-17(14)22-18/h8-12,20H,3-7H2,1-2H3/b15-11-. The van der Waals surface area contributed by atoms with Gasteiger partial charge in [0.25, 0.3) is 0 Å². The van der Waals surface area contributed by atoms with Crippen molar-refractivity contribution in [1.29, 1.82) is 0 Å². The van der Waals surface area contributed by atoms with Crippen LogP contribution in [0.2, 0.25) is 0 Å². The molecule has 0 unspecified atom stereocenters. The minimum atomic E-state index is -0.267. The molecule has 1 heterocycles. The van der Waals surface area contributed by atoms with Crippen LogP contribution in [0.15, 0.2) is 29.2 Å². The van der Waals surface area contributed by atoms with E-state index in [0.29, 0.717) is 0 Å². The molecule has 1 aromatic rings. The summed E-state index contributed by atoms with van der Waals surface area (Å²) in [6.45, 7) is 4.14. The lowest BCUT2D eigenvalue weighted by molar-refractivity contribution is -0.119. The fraction of sp³-hybridized carbons (Fsp3) is 0.500. The van der Waals surface area contributed by atoms with Crippen molar-refractivity contribution in [2.24, 2.45) is 5.92 Å². The van der Waals surface area contributed by atoms with Crippen molar-refractivity contribution in [2.75, 3.05) is 0 Å². The maximum Gasteiger partial charge on any atom is 0.160 e. The zero-order valence-electron chi connectivity index (χ0n) is 13.1. The van der Waals surface area contributed by atoms with Gasteiger partial charge in [-0.05, 0) is 44.9 Å². The van der Waals surface area contributed by atoms with Gasteiger partial charge in [0.1, 0.15) is 5.82 Å². The van der Waals surface area contributed by atoms with Gasteiger partial charge in [0.05, 0.1) is 4.87 Å². The molecule has 1 aliphatic heterocycles. The topological polar surface area (TPSA) is 29.1 Å². The highest BCUT2D eigenvalue weighted by Crippen LogP contribution is 2.41. The minimum Gasteiger partial charge on any atom is -0.370 e. The molecule has 0 aromatic heterocycles. The molecule has 0 amide bonds. The number of allylic oxidation sites excluding steroid dienone is 1. The highest BCUT2D eigenvalue weighted by molar-refractivity contribution is 8.00. The molecule has 1 saturated carbocycles. The van der Waals surface area contributed by atoms with Crippen molar-refractivity contribution < 1.29 is 9.18 Å². The highest BCUT2D eigenvalue weighted by Gasteiger charge is 2.30. The molecule has 0 spiro atoms. The van der Waals surface area contributed by atoms with Gasteiger partial charge < -0.3 is 5.32 Å². The number of halogens is 1. The van der Waals surface area contributed by atoms with E-state index in [2.05, 4.69) is 19.2 Å². The first-order valence-corrected chi connectivity index (χ1v) is 8.79. The van der Waals surface area contributed by atoms with Gasteiger partial charge in [0.15, 0.2) is 5.78 Å². The van der Waals surface area contributed by atoms with Crippen LogP contribution in [0.5, 0.6) is 0 Å². The van der Waals surface area contributed by atoms with Crippen LogP contribution in [0.25, 0.3) is 5.70 Å². The summed E-state index contributed by atoms with van der Waals surface area (Å²) >= 11 is 1.66. The molecule has 1 N–H and O–H groups in total. The van der Waals surface area contributed by atoms with Gasteiger partial charge >= 0.3 is 0 Å². The fourth-order valence-electron chi connectivity index (χ4n) is 3.25. The summed E-state index contributed by atoms with van der Waals surface area (Å²) in [6, 6.07) is 4.80. The van der Waals surface area contributed by atoms with Crippen LogP contribution in [-0.4, -0.2) is 10.7 Å². The molecule has 118 valence electrons. The first-order valence-electron chi connectivity index (χ1n) is 7.97. The monoisotopic (exact) mass is 319 g/mol. The van der Waals surface area contributed by atoms with Crippen molar-refractivity contribution in [3.05, 3.63) is 35.7 Å². The van der Waals surface area contributed by atoms with Crippen LogP contribution >= 0.6 is 11.8 Å². The summed E-state index contributed by atoms with van der Waals surface area (Å²) in [5.74, 6) is 0.0507. The molecule has 1 aliphatic carbocycles. The van der Waals surface area contributed by atoms with E-state index >= 15 is 0 Å². The molecular formula is C18H22FNOS. The Bertz CT molecular complexity index is 618. The summed E-state index contributed by atoms with van der Waals surface area (Å²) < 4.78 is 13.6. The van der Waals surface area contributed by atoms with Gasteiger partial charge in [-0.25, -0.2) is 4.39 Å². The van der Waals surface area contributed by atoms with Crippen LogP contribution in [0.1, 0.15) is 51.5 Å². The van der Waals surface area contributed by atoms with Gasteiger partial charge in [0, 0.05) is 28.1 Å². The first-order chi connectivity index (χ1) is 10.4. The Morgan fingerprint density at radius 1 is 1.32 bits per heavy atom. The highest BCUT2D eigenvalue weighted by atomic mass is 32.2. The number of benzene rings is 1. The first kappa shape index (κ1) is 15.6. The number of carbonyl (C=O) groups excluding carboxylic acids is 1. The van der Waals surface area contributed by atoms with Gasteiger partial charge in [-0.3, -0.25) is 4.79 Å². The lowest BCUT2D eigenvalue weighted by Crippen LogP contribution is -2.38. The molecule has 2 aliphatic rings. The Morgan fingerprint density at radius 2 is 2.05 bits per heavy atom. The lowest BCUT2D eigenvalue weighted by Gasteiger charge is -2.35. The molecule has 0 atom stereocenters. The molecule has 0 saturated heterocycles. The number of rotatable bonds is 2. The third-order valence-corrected chi connectivity index (χ3v) is 5.52. The number of carbonyl (C=O) groups is 1. The van der Waals surface area contributed by atoms with E-state index in [1.807, 2.05) is 0 Å². The predicted octanol–water partition coefficient (Wildman–Crippen LogP) is 4.75. The Hall–Kier alpha value is -1.29. The van der Waals surface area contributed by atoms with Crippen molar-refractivity contribution in [3.63, 3.8) is 0 Å². The molecule has 0 bridgehead atoms. The largest absolute Gasteiger partial charge is 0.370 e. The SMILES string of the molecule is CC1(C)N/C(=C\C(=O)C2CCCCC2)c2cc(F)ccc2S1. The zero-order chi connectivity index (χ0) is 15.7. The number of hydrogen-bond acceptors (Lipinski definition) is 3. The Morgan fingerprint density at radius 3 is 2.77 bits per heavy atom. The zero-order valence-corrected chi connectivity index (χ0v) is 13.9. The third-order valence-electron chi connectivity index (χ3n) is 4.33. The Labute approximate surface area is 135 Å². The molecular weight excluding hydrogens is 297 g/mol. The average Bonchev–Trinajstić information content (AvgIpc) is 2.48. The van der Waals surface area contributed by atoms with Crippen LogP contribution in [0.4, 0.5) is 4.39 Å². The maximum atomic E-state index is 13.6. The summed E-state index contributed by atoms with van der Waals surface area (Å²) in [7, 11) is 0. The van der Waals surface area contributed by atoms with E-state index in [0.717, 1.165) is 41.8 Å². The van der Waals surface area contributed by atoms with Gasteiger partial charge in [-0.2, -0.15) is 0 Å². The number of ketones is 1. The Kier molecular flexibility index (Phi) is 4.31. The maximum absolute atomic E-state index is 13.6. The second-order valence-electron chi connectivity index (χ2n) is 6.67. The van der Waals surface area contributed by atoms with Gasteiger partial charge in [0.2, 0.25) is 0 Å². The van der Waals surface area contributed by atoms with Crippen LogP contribution in [-0.2, 0) is 4.79 Å². The summed E-state index contributed by atoms with van der Waals surface area (Å²) in [4.78, 5) is 13.4. The third kappa shape index (κ3) is 3.37. The van der Waals surface area contributed by atoms with Crippen molar-refractivity contribution in [3.8, 4) is 0 Å². The van der Waals surface area contributed by atoms with Crippen LogP contribution in [0.3, 0.4) is 0 Å². The van der Waals surface area contributed by atoms with Gasteiger partial charge in [-0.1, -0.05) is 31.0 Å². The van der Waals surface area contributed by atoms with E-state index < -0.39 is 0 Å². The average molecular weight is 319 g/mol. The van der Waals surface area contributed by atoms with E-state index in [4.69, 9.17) is 0 Å². The summed E-state index contributed by atoms with van der Waals surface area (Å²) in [5.41, 5.74) is 1.56. The van der Waals surface area contributed by atoms with Crippen LogP contribution < -0.4 is 5.32 Å². The Balaban J connectivity index is 1.93. The molecule has 2 nitrogen and oxygen atoms in total.